The molecule has 0 spiro atoms. The summed E-state index contributed by atoms with van der Waals surface area (Å²) in [6.07, 6.45) is 1.92. The lowest BCUT2D eigenvalue weighted by atomic mass is 10.1. The number of hydrogen-bond acceptors (Lipinski definition) is 4. The van der Waals surface area contributed by atoms with Gasteiger partial charge in [0.2, 0.25) is 0 Å². The van der Waals surface area contributed by atoms with E-state index in [2.05, 4.69) is 213 Å². The molecule has 9 aromatic rings. The molecule has 0 saturated carbocycles. The van der Waals surface area contributed by atoms with E-state index in [1.165, 1.54) is 33.4 Å². The molecule has 5 nitrogen and oxygen atoms in total. The van der Waals surface area contributed by atoms with Crippen molar-refractivity contribution >= 4 is 61.6 Å². The van der Waals surface area contributed by atoms with Crippen LogP contribution < -0.4 is 14.7 Å². The molecular weight excluding hydrogens is 647 g/mol. The monoisotopic (exact) mass is 681 g/mol. The van der Waals surface area contributed by atoms with Crippen LogP contribution in [-0.2, 0) is 0 Å². The van der Waals surface area contributed by atoms with Crippen molar-refractivity contribution in [3.8, 4) is 16.9 Å². The standard InChI is InChI=1S/C48H35N5/c1-4-15-35(16-5-1)36-29-30-49-48(31-36)53-44-24-11-10-23-42(44)43-28-27-41(33-47(43)53)52(38-19-8-3-9-20-38)40-22-14-21-39(32-40)51-34-50(37-17-6-2-7-18-37)45-25-12-13-26-46(45)51/h1-33H,34H2. The minimum atomic E-state index is 0.721. The van der Waals surface area contributed by atoms with Crippen molar-refractivity contribution in [2.24, 2.45) is 0 Å². The molecule has 0 amide bonds. The van der Waals surface area contributed by atoms with Crippen molar-refractivity contribution in [2.45, 2.75) is 0 Å². The molecule has 3 heterocycles. The third-order valence-corrected chi connectivity index (χ3v) is 10.2. The first kappa shape index (κ1) is 30.7. The highest BCUT2D eigenvalue weighted by atomic mass is 15.4. The van der Waals surface area contributed by atoms with Crippen molar-refractivity contribution in [3.05, 3.63) is 200 Å². The normalized spacial score (nSPS) is 12.4. The third kappa shape index (κ3) is 5.38. The Labute approximate surface area is 308 Å². The summed E-state index contributed by atoms with van der Waals surface area (Å²) in [7, 11) is 0. The Bertz CT molecular complexity index is 2720. The van der Waals surface area contributed by atoms with E-state index in [0.29, 0.717) is 0 Å². The summed E-state index contributed by atoms with van der Waals surface area (Å²) in [5.41, 5.74) is 12.5. The number of aromatic nitrogens is 2. The zero-order valence-electron chi connectivity index (χ0n) is 29.0. The summed E-state index contributed by atoms with van der Waals surface area (Å²) in [5, 5.41) is 2.39. The van der Waals surface area contributed by atoms with Crippen LogP contribution in [0.5, 0.6) is 0 Å². The van der Waals surface area contributed by atoms with E-state index in [1.807, 2.05) is 6.20 Å². The SMILES string of the molecule is c1ccc(-c2ccnc(-n3c4ccccc4c4ccc(N(c5ccccc5)c5cccc(N6CN(c7ccccc7)c7ccccc76)c5)cc43)c2)cc1. The van der Waals surface area contributed by atoms with E-state index < -0.39 is 0 Å². The molecule has 7 aromatic carbocycles. The van der Waals surface area contributed by atoms with Crippen LogP contribution in [0.25, 0.3) is 38.8 Å². The zero-order chi connectivity index (χ0) is 35.1. The predicted octanol–water partition coefficient (Wildman–Crippen LogP) is 12.6. The average Bonchev–Trinajstić information content (AvgIpc) is 3.79. The topological polar surface area (TPSA) is 27.5 Å². The van der Waals surface area contributed by atoms with Gasteiger partial charge in [0, 0.05) is 45.4 Å². The van der Waals surface area contributed by atoms with Gasteiger partial charge in [0.25, 0.3) is 0 Å². The van der Waals surface area contributed by atoms with Crippen molar-refractivity contribution in [3.63, 3.8) is 0 Å². The predicted molar refractivity (Wildman–Crippen MR) is 221 cm³/mol. The van der Waals surface area contributed by atoms with Gasteiger partial charge in [-0.3, -0.25) is 4.57 Å². The maximum Gasteiger partial charge on any atom is 0.138 e. The summed E-state index contributed by atoms with van der Waals surface area (Å²) in [6.45, 7) is 0.721. The first-order valence-corrected chi connectivity index (χ1v) is 18.0. The van der Waals surface area contributed by atoms with Crippen LogP contribution in [0.3, 0.4) is 0 Å². The Morgan fingerprint density at radius 1 is 0.415 bits per heavy atom. The van der Waals surface area contributed by atoms with E-state index in [4.69, 9.17) is 4.98 Å². The minimum Gasteiger partial charge on any atom is -0.321 e. The number of benzene rings is 7. The van der Waals surface area contributed by atoms with Crippen molar-refractivity contribution in [1.29, 1.82) is 0 Å². The van der Waals surface area contributed by atoms with Gasteiger partial charge in [-0.25, -0.2) is 4.98 Å². The molecule has 0 saturated heterocycles. The molecule has 53 heavy (non-hydrogen) atoms. The molecular formula is C48H35N5. The van der Waals surface area contributed by atoms with Crippen LogP contribution in [0, 0.1) is 0 Å². The lowest BCUT2D eigenvalue weighted by Gasteiger charge is -2.28. The highest BCUT2D eigenvalue weighted by Crippen LogP contribution is 2.46. The molecule has 0 radical (unpaired) electrons. The number of pyridine rings is 1. The lowest BCUT2D eigenvalue weighted by Crippen LogP contribution is -2.24. The summed E-state index contributed by atoms with van der Waals surface area (Å²) in [5.74, 6) is 0.888. The molecule has 2 aromatic heterocycles. The van der Waals surface area contributed by atoms with Gasteiger partial charge in [0.15, 0.2) is 0 Å². The van der Waals surface area contributed by atoms with Crippen LogP contribution in [0.4, 0.5) is 39.8 Å². The quantitative estimate of drug-likeness (QED) is 0.167. The first-order chi connectivity index (χ1) is 26.3. The molecule has 0 aliphatic carbocycles. The van der Waals surface area contributed by atoms with Gasteiger partial charge in [-0.2, -0.15) is 0 Å². The maximum atomic E-state index is 4.94. The number of hydrogen-bond donors (Lipinski definition) is 0. The van der Waals surface area contributed by atoms with Crippen molar-refractivity contribution in [2.75, 3.05) is 21.4 Å². The maximum absolute atomic E-state index is 4.94. The Hall–Kier alpha value is -7.11. The number of para-hydroxylation sites is 5. The third-order valence-electron chi connectivity index (χ3n) is 10.2. The Balaban J connectivity index is 1.12. The fraction of sp³-hybridized carbons (Fsp3) is 0.0208. The molecule has 0 fully saturated rings. The lowest BCUT2D eigenvalue weighted by molar-refractivity contribution is 0.990. The molecule has 252 valence electrons. The second-order valence-corrected chi connectivity index (χ2v) is 13.3. The summed E-state index contributed by atoms with van der Waals surface area (Å²) < 4.78 is 2.31. The largest absolute Gasteiger partial charge is 0.321 e. The van der Waals surface area contributed by atoms with Crippen LogP contribution >= 0.6 is 0 Å². The molecule has 10 rings (SSSR count). The highest BCUT2D eigenvalue weighted by Gasteiger charge is 2.28. The van der Waals surface area contributed by atoms with Crippen LogP contribution in [-0.4, -0.2) is 16.2 Å². The summed E-state index contributed by atoms with van der Waals surface area (Å²) >= 11 is 0. The Morgan fingerprint density at radius 3 is 1.81 bits per heavy atom. The molecule has 0 atom stereocenters. The molecule has 0 N–H and O–H groups in total. The number of rotatable bonds is 7. The number of fused-ring (bicyclic) bond motifs is 4. The minimum absolute atomic E-state index is 0.721. The summed E-state index contributed by atoms with van der Waals surface area (Å²) in [6, 6.07) is 69.1. The van der Waals surface area contributed by atoms with Crippen LogP contribution in [0.2, 0.25) is 0 Å². The molecule has 5 heteroatoms. The fourth-order valence-corrected chi connectivity index (χ4v) is 7.78. The highest BCUT2D eigenvalue weighted by molar-refractivity contribution is 6.10. The van der Waals surface area contributed by atoms with E-state index >= 15 is 0 Å². The second kappa shape index (κ2) is 12.9. The summed E-state index contributed by atoms with van der Waals surface area (Å²) in [4.78, 5) is 12.1. The van der Waals surface area contributed by atoms with Gasteiger partial charge in [-0.15, -0.1) is 0 Å². The van der Waals surface area contributed by atoms with Gasteiger partial charge in [-0.1, -0.05) is 109 Å². The first-order valence-electron chi connectivity index (χ1n) is 18.0. The zero-order valence-corrected chi connectivity index (χ0v) is 29.0. The Morgan fingerprint density at radius 2 is 1.02 bits per heavy atom. The van der Waals surface area contributed by atoms with E-state index in [1.54, 1.807) is 0 Å². The molecule has 1 aliphatic rings. The van der Waals surface area contributed by atoms with Crippen LogP contribution in [0.15, 0.2) is 200 Å². The fourth-order valence-electron chi connectivity index (χ4n) is 7.78. The van der Waals surface area contributed by atoms with E-state index in [9.17, 15) is 0 Å². The number of nitrogens with zero attached hydrogens (tertiary/aromatic N) is 5. The smallest absolute Gasteiger partial charge is 0.138 e. The van der Waals surface area contributed by atoms with Gasteiger partial charge in [0.05, 0.1) is 22.4 Å². The molecule has 1 aliphatic heterocycles. The van der Waals surface area contributed by atoms with E-state index in [-0.39, 0.29) is 0 Å². The average molecular weight is 682 g/mol. The Kier molecular flexibility index (Phi) is 7.47. The van der Waals surface area contributed by atoms with Gasteiger partial charge in [-0.05, 0) is 96.1 Å². The van der Waals surface area contributed by atoms with Gasteiger partial charge < -0.3 is 14.7 Å². The van der Waals surface area contributed by atoms with Crippen molar-refractivity contribution < 1.29 is 0 Å². The van der Waals surface area contributed by atoms with Crippen LogP contribution in [0.1, 0.15) is 0 Å². The van der Waals surface area contributed by atoms with Gasteiger partial charge in [0.1, 0.15) is 12.5 Å². The van der Waals surface area contributed by atoms with E-state index in [0.717, 1.165) is 51.8 Å². The second-order valence-electron chi connectivity index (χ2n) is 13.3. The van der Waals surface area contributed by atoms with Gasteiger partial charge >= 0.3 is 0 Å². The molecule has 0 bridgehead atoms. The molecule has 0 unspecified atom stereocenters. The number of anilines is 7. The van der Waals surface area contributed by atoms with Crippen molar-refractivity contribution in [1.82, 2.24) is 9.55 Å².